The Bertz CT molecular complexity index is 593. The van der Waals surface area contributed by atoms with Crippen LogP contribution < -0.4 is 10.1 Å². The fourth-order valence-corrected chi connectivity index (χ4v) is 2.20. The Morgan fingerprint density at radius 2 is 1.95 bits per heavy atom. The minimum absolute atomic E-state index is 0.337. The molecule has 20 heavy (non-hydrogen) atoms. The fourth-order valence-electron chi connectivity index (χ4n) is 1.86. The Morgan fingerprint density at radius 3 is 2.75 bits per heavy atom. The first-order valence-corrected chi connectivity index (χ1v) is 7.35. The third kappa shape index (κ3) is 3.69. The van der Waals surface area contributed by atoms with Crippen molar-refractivity contribution in [3.8, 4) is 5.75 Å². The van der Waals surface area contributed by atoms with Crippen LogP contribution in [-0.2, 0) is 13.2 Å². The highest BCUT2D eigenvalue weighted by Crippen LogP contribution is 2.28. The number of hydrogen-bond acceptors (Lipinski definition) is 3. The summed E-state index contributed by atoms with van der Waals surface area (Å²) in [5.74, 6) is 2.26. The van der Waals surface area contributed by atoms with Crippen molar-refractivity contribution in [3.63, 3.8) is 0 Å². The Kier molecular flexibility index (Phi) is 4.20. The van der Waals surface area contributed by atoms with Gasteiger partial charge in [-0.05, 0) is 37.1 Å². The van der Waals surface area contributed by atoms with Crippen molar-refractivity contribution in [2.24, 2.45) is 0 Å². The third-order valence-corrected chi connectivity index (χ3v) is 3.67. The second kappa shape index (κ2) is 6.08. The van der Waals surface area contributed by atoms with Gasteiger partial charge in [0.15, 0.2) is 0 Å². The van der Waals surface area contributed by atoms with Gasteiger partial charge in [0.25, 0.3) is 0 Å². The van der Waals surface area contributed by atoms with E-state index in [1.807, 2.05) is 12.1 Å². The van der Waals surface area contributed by atoms with E-state index in [9.17, 15) is 0 Å². The van der Waals surface area contributed by atoms with Crippen molar-refractivity contribution in [2.45, 2.75) is 32.0 Å². The molecule has 1 saturated carbocycles. The van der Waals surface area contributed by atoms with E-state index in [0.29, 0.717) is 28.4 Å². The highest BCUT2D eigenvalue weighted by atomic mass is 35.5. The maximum absolute atomic E-state index is 6.03. The molecular weight excluding hydrogens is 297 g/mol. The maximum atomic E-state index is 6.03. The van der Waals surface area contributed by atoms with Gasteiger partial charge in [0, 0.05) is 17.1 Å². The van der Waals surface area contributed by atoms with Crippen molar-refractivity contribution in [1.82, 2.24) is 5.32 Å². The van der Waals surface area contributed by atoms with E-state index in [1.54, 1.807) is 18.2 Å². The van der Waals surface area contributed by atoms with Gasteiger partial charge < -0.3 is 14.5 Å². The number of nitrogens with one attached hydrogen (secondary N) is 1. The van der Waals surface area contributed by atoms with Crippen LogP contribution in [0.5, 0.6) is 5.75 Å². The lowest BCUT2D eigenvalue weighted by atomic mass is 10.3. The van der Waals surface area contributed by atoms with Crippen molar-refractivity contribution in [1.29, 1.82) is 0 Å². The average Bonchev–Trinajstić information content (AvgIpc) is 3.16. The molecule has 3 rings (SSSR count). The molecule has 0 aliphatic heterocycles. The van der Waals surface area contributed by atoms with Crippen LogP contribution in [0.1, 0.15) is 24.4 Å². The van der Waals surface area contributed by atoms with E-state index in [2.05, 4.69) is 5.32 Å². The number of hydrogen-bond donors (Lipinski definition) is 1. The van der Waals surface area contributed by atoms with Gasteiger partial charge in [-0.15, -0.1) is 0 Å². The molecule has 1 aromatic carbocycles. The lowest BCUT2D eigenvalue weighted by Gasteiger charge is -2.06. The number of halogens is 2. The summed E-state index contributed by atoms with van der Waals surface area (Å²) >= 11 is 11.9. The minimum Gasteiger partial charge on any atom is -0.484 e. The summed E-state index contributed by atoms with van der Waals surface area (Å²) in [6, 6.07) is 9.70. The molecule has 1 heterocycles. The van der Waals surface area contributed by atoms with Gasteiger partial charge >= 0.3 is 0 Å². The van der Waals surface area contributed by atoms with Gasteiger partial charge in [-0.1, -0.05) is 23.2 Å². The molecule has 5 heteroatoms. The summed E-state index contributed by atoms with van der Waals surface area (Å²) < 4.78 is 11.3. The zero-order valence-electron chi connectivity index (χ0n) is 10.9. The predicted molar refractivity (Wildman–Crippen MR) is 79.4 cm³/mol. The summed E-state index contributed by atoms with van der Waals surface area (Å²) in [5.41, 5.74) is 0. The number of rotatable bonds is 6. The summed E-state index contributed by atoms with van der Waals surface area (Å²) in [4.78, 5) is 0. The first kappa shape index (κ1) is 13.8. The quantitative estimate of drug-likeness (QED) is 0.857. The third-order valence-electron chi connectivity index (χ3n) is 3.12. The number of ether oxygens (including phenoxy) is 1. The molecule has 0 unspecified atom stereocenters. The van der Waals surface area contributed by atoms with Crippen molar-refractivity contribution < 1.29 is 9.15 Å². The molecule has 1 aliphatic rings. The van der Waals surface area contributed by atoms with Gasteiger partial charge in [0.05, 0.1) is 11.6 Å². The molecule has 0 atom stereocenters. The Balaban J connectivity index is 1.55. The zero-order chi connectivity index (χ0) is 13.9. The van der Waals surface area contributed by atoms with E-state index >= 15 is 0 Å². The zero-order valence-corrected chi connectivity index (χ0v) is 12.4. The largest absolute Gasteiger partial charge is 0.484 e. The van der Waals surface area contributed by atoms with Gasteiger partial charge in [-0.3, -0.25) is 0 Å². The lowest BCUT2D eigenvalue weighted by Crippen LogP contribution is -2.14. The summed E-state index contributed by atoms with van der Waals surface area (Å²) in [6.45, 7) is 1.10. The average molecular weight is 312 g/mol. The van der Waals surface area contributed by atoms with Crippen LogP contribution >= 0.6 is 23.2 Å². The smallest absolute Gasteiger partial charge is 0.146 e. The van der Waals surface area contributed by atoms with Crippen LogP contribution in [0, 0.1) is 0 Å². The number of benzene rings is 1. The summed E-state index contributed by atoms with van der Waals surface area (Å²) in [5, 5.41) is 4.54. The highest BCUT2D eigenvalue weighted by Gasteiger charge is 2.20. The van der Waals surface area contributed by atoms with E-state index in [1.165, 1.54) is 12.8 Å². The van der Waals surface area contributed by atoms with Gasteiger partial charge in [-0.25, -0.2) is 0 Å². The second-order valence-electron chi connectivity index (χ2n) is 4.89. The van der Waals surface area contributed by atoms with Crippen molar-refractivity contribution in [2.75, 3.05) is 0 Å². The molecule has 2 aromatic rings. The monoisotopic (exact) mass is 311 g/mol. The molecule has 0 spiro atoms. The van der Waals surface area contributed by atoms with Crippen molar-refractivity contribution >= 4 is 23.2 Å². The fraction of sp³-hybridized carbons (Fsp3) is 0.333. The predicted octanol–water partition coefficient (Wildman–Crippen LogP) is 4.42. The van der Waals surface area contributed by atoms with Gasteiger partial charge in [0.2, 0.25) is 0 Å². The van der Waals surface area contributed by atoms with Crippen LogP contribution in [0.3, 0.4) is 0 Å². The van der Waals surface area contributed by atoms with Crippen LogP contribution in [0.15, 0.2) is 34.7 Å². The molecule has 1 fully saturated rings. The molecule has 0 amide bonds. The van der Waals surface area contributed by atoms with Gasteiger partial charge in [0.1, 0.15) is 23.9 Å². The van der Waals surface area contributed by atoms with Crippen LogP contribution in [0.25, 0.3) is 0 Å². The second-order valence-corrected chi connectivity index (χ2v) is 5.73. The number of furan rings is 1. The molecule has 0 bridgehead atoms. The first-order valence-electron chi connectivity index (χ1n) is 6.59. The molecular formula is C15H15Cl2NO2. The molecule has 1 aliphatic carbocycles. The highest BCUT2D eigenvalue weighted by molar-refractivity contribution is 6.34. The SMILES string of the molecule is Clc1ccc(Cl)c(OCc2ccc(CNC3CC3)o2)c1. The summed E-state index contributed by atoms with van der Waals surface area (Å²) in [7, 11) is 0. The Morgan fingerprint density at radius 1 is 1.15 bits per heavy atom. The Labute approximate surface area is 127 Å². The minimum atomic E-state index is 0.337. The van der Waals surface area contributed by atoms with Gasteiger partial charge in [-0.2, -0.15) is 0 Å². The topological polar surface area (TPSA) is 34.4 Å². The summed E-state index contributed by atoms with van der Waals surface area (Å²) in [6.07, 6.45) is 2.54. The van der Waals surface area contributed by atoms with E-state index < -0.39 is 0 Å². The molecule has 3 nitrogen and oxygen atoms in total. The van der Waals surface area contributed by atoms with Crippen LogP contribution in [-0.4, -0.2) is 6.04 Å². The van der Waals surface area contributed by atoms with Crippen molar-refractivity contribution in [3.05, 3.63) is 51.9 Å². The normalized spacial score (nSPS) is 14.5. The van der Waals surface area contributed by atoms with Crippen LogP contribution in [0.4, 0.5) is 0 Å². The standard InChI is InChI=1S/C15H15Cl2NO2/c16-10-1-6-14(17)15(7-10)19-9-13-5-4-12(20-13)8-18-11-2-3-11/h1,4-7,11,18H,2-3,8-9H2. The van der Waals surface area contributed by atoms with E-state index in [0.717, 1.165) is 18.1 Å². The molecule has 1 N–H and O–H groups in total. The first-order chi connectivity index (χ1) is 9.70. The van der Waals surface area contributed by atoms with E-state index in [-0.39, 0.29) is 0 Å². The molecule has 106 valence electrons. The maximum Gasteiger partial charge on any atom is 0.146 e. The Hall–Kier alpha value is -1.16. The lowest BCUT2D eigenvalue weighted by molar-refractivity contribution is 0.265. The van der Waals surface area contributed by atoms with E-state index in [4.69, 9.17) is 32.4 Å². The van der Waals surface area contributed by atoms with Crippen LogP contribution in [0.2, 0.25) is 10.0 Å². The molecule has 0 saturated heterocycles. The molecule has 1 aromatic heterocycles. The molecule has 0 radical (unpaired) electrons.